The largest absolute Gasteiger partial charge is 0.422 e. The fourth-order valence-electron chi connectivity index (χ4n) is 1.96. The molecule has 0 heterocycles. The third-order valence-electron chi connectivity index (χ3n) is 3.29. The minimum absolute atomic E-state index is 0.183. The molecule has 0 aromatic heterocycles. The molecule has 0 aliphatic rings. The molecule has 0 radical (unpaired) electrons. The summed E-state index contributed by atoms with van der Waals surface area (Å²) < 4.78 is 65.8. The van der Waals surface area contributed by atoms with Crippen LogP contribution in [0.3, 0.4) is 0 Å². The van der Waals surface area contributed by atoms with Crippen LogP contribution >= 0.6 is 0 Å². The van der Waals surface area contributed by atoms with Gasteiger partial charge in [-0.3, -0.25) is 0 Å². The third kappa shape index (κ3) is 3.72. The summed E-state index contributed by atoms with van der Waals surface area (Å²) in [5, 5.41) is 10.1. The van der Waals surface area contributed by atoms with E-state index in [9.17, 15) is 26.7 Å². The van der Waals surface area contributed by atoms with E-state index in [1.54, 1.807) is 6.07 Å². The van der Waals surface area contributed by atoms with Crippen LogP contribution in [0.15, 0.2) is 65.6 Å². The molecule has 124 valence electrons. The fourth-order valence-corrected chi connectivity index (χ4v) is 3.04. The molecule has 8 heteroatoms. The van der Waals surface area contributed by atoms with Crippen molar-refractivity contribution in [2.75, 3.05) is 6.54 Å². The highest BCUT2D eigenvalue weighted by atomic mass is 32.2. The number of sulfonamides is 1. The summed E-state index contributed by atoms with van der Waals surface area (Å²) in [4.78, 5) is -0.183. The van der Waals surface area contributed by atoms with Gasteiger partial charge in [-0.05, 0) is 17.7 Å². The summed E-state index contributed by atoms with van der Waals surface area (Å²) in [6.07, 6.45) is -5.05. The Bertz CT molecular complexity index is 749. The van der Waals surface area contributed by atoms with E-state index >= 15 is 0 Å². The van der Waals surface area contributed by atoms with Gasteiger partial charge in [-0.25, -0.2) is 13.1 Å². The van der Waals surface area contributed by atoms with Crippen molar-refractivity contribution in [2.45, 2.75) is 16.7 Å². The second-order valence-electron chi connectivity index (χ2n) is 4.86. The predicted molar refractivity (Wildman–Crippen MR) is 78.0 cm³/mol. The van der Waals surface area contributed by atoms with E-state index in [-0.39, 0.29) is 4.90 Å². The van der Waals surface area contributed by atoms with Crippen LogP contribution in [-0.2, 0) is 15.6 Å². The van der Waals surface area contributed by atoms with Crippen LogP contribution < -0.4 is 4.72 Å². The Hall–Kier alpha value is -1.90. The summed E-state index contributed by atoms with van der Waals surface area (Å²) in [5.41, 5.74) is -3.76. The molecule has 0 bridgehead atoms. The second-order valence-corrected chi connectivity index (χ2v) is 6.63. The van der Waals surface area contributed by atoms with Crippen LogP contribution in [0.25, 0.3) is 0 Å². The van der Waals surface area contributed by atoms with Crippen molar-refractivity contribution in [1.29, 1.82) is 0 Å². The highest BCUT2D eigenvalue weighted by Gasteiger charge is 2.55. The topological polar surface area (TPSA) is 66.4 Å². The number of halogens is 3. The quantitative estimate of drug-likeness (QED) is 0.875. The highest BCUT2D eigenvalue weighted by Crippen LogP contribution is 2.38. The zero-order chi connectivity index (χ0) is 17.1. The van der Waals surface area contributed by atoms with Crippen molar-refractivity contribution in [3.05, 3.63) is 66.2 Å². The monoisotopic (exact) mass is 345 g/mol. The molecule has 0 aliphatic carbocycles. The SMILES string of the molecule is O=S(=O)(NC[C@@](O)(c1ccccc1)C(F)(F)F)c1ccccc1. The van der Waals surface area contributed by atoms with Crippen LogP contribution in [0.2, 0.25) is 0 Å². The lowest BCUT2D eigenvalue weighted by molar-refractivity contribution is -0.263. The van der Waals surface area contributed by atoms with Gasteiger partial charge in [0, 0.05) is 0 Å². The van der Waals surface area contributed by atoms with Gasteiger partial charge in [-0.2, -0.15) is 13.2 Å². The highest BCUT2D eigenvalue weighted by molar-refractivity contribution is 7.89. The van der Waals surface area contributed by atoms with Gasteiger partial charge in [0.2, 0.25) is 10.0 Å². The first-order chi connectivity index (χ1) is 10.7. The molecule has 0 fully saturated rings. The fraction of sp³-hybridized carbons (Fsp3) is 0.200. The third-order valence-corrected chi connectivity index (χ3v) is 4.71. The maximum Gasteiger partial charge on any atom is 0.422 e. The summed E-state index contributed by atoms with van der Waals surface area (Å²) >= 11 is 0. The molecule has 0 unspecified atom stereocenters. The Morgan fingerprint density at radius 2 is 1.39 bits per heavy atom. The van der Waals surface area contributed by atoms with Gasteiger partial charge in [0.05, 0.1) is 11.4 Å². The van der Waals surface area contributed by atoms with Crippen molar-refractivity contribution in [2.24, 2.45) is 0 Å². The zero-order valence-electron chi connectivity index (χ0n) is 11.8. The number of hydrogen-bond donors (Lipinski definition) is 2. The zero-order valence-corrected chi connectivity index (χ0v) is 12.6. The number of rotatable bonds is 5. The first kappa shape index (κ1) is 17.5. The average molecular weight is 345 g/mol. The summed E-state index contributed by atoms with van der Waals surface area (Å²) in [6.45, 7) is -1.22. The average Bonchev–Trinajstić information content (AvgIpc) is 2.53. The van der Waals surface area contributed by atoms with Crippen molar-refractivity contribution < 1.29 is 26.7 Å². The van der Waals surface area contributed by atoms with Crippen LogP contribution in [0.1, 0.15) is 5.56 Å². The number of alkyl halides is 3. The van der Waals surface area contributed by atoms with Gasteiger partial charge < -0.3 is 5.11 Å². The van der Waals surface area contributed by atoms with Crippen molar-refractivity contribution >= 4 is 10.0 Å². The van der Waals surface area contributed by atoms with Crippen LogP contribution in [0.5, 0.6) is 0 Å². The van der Waals surface area contributed by atoms with Crippen molar-refractivity contribution in [3.63, 3.8) is 0 Å². The number of nitrogens with one attached hydrogen (secondary N) is 1. The standard InChI is InChI=1S/C15H14F3NO3S/c16-15(17,18)14(20,12-7-3-1-4-8-12)11-19-23(21,22)13-9-5-2-6-10-13/h1-10,19-20H,11H2/t14-/m1/s1. The van der Waals surface area contributed by atoms with Crippen LogP contribution in [0, 0.1) is 0 Å². The predicted octanol–water partition coefficient (Wildman–Crippen LogP) is 2.42. The minimum atomic E-state index is -5.05. The van der Waals surface area contributed by atoms with Crippen molar-refractivity contribution in [3.8, 4) is 0 Å². The van der Waals surface area contributed by atoms with Gasteiger partial charge >= 0.3 is 6.18 Å². The van der Waals surface area contributed by atoms with Gasteiger partial charge in [-0.15, -0.1) is 0 Å². The van der Waals surface area contributed by atoms with Gasteiger partial charge in [0.1, 0.15) is 0 Å². The molecule has 2 N–H and O–H groups in total. The van der Waals surface area contributed by atoms with E-state index < -0.39 is 33.9 Å². The molecule has 23 heavy (non-hydrogen) atoms. The van der Waals surface area contributed by atoms with Gasteiger partial charge in [0.15, 0.2) is 5.60 Å². The Balaban J connectivity index is 2.31. The Morgan fingerprint density at radius 3 is 1.87 bits per heavy atom. The summed E-state index contributed by atoms with van der Waals surface area (Å²) in [5.74, 6) is 0. The molecule has 1 atom stereocenters. The van der Waals surface area contributed by atoms with Crippen LogP contribution in [0.4, 0.5) is 13.2 Å². The van der Waals surface area contributed by atoms with E-state index in [0.717, 1.165) is 12.1 Å². The molecular formula is C15H14F3NO3S. The molecule has 0 saturated heterocycles. The maximum atomic E-state index is 13.3. The lowest BCUT2D eigenvalue weighted by atomic mass is 9.93. The lowest BCUT2D eigenvalue weighted by Gasteiger charge is -2.31. The van der Waals surface area contributed by atoms with E-state index in [0.29, 0.717) is 0 Å². The summed E-state index contributed by atoms with van der Waals surface area (Å²) in [6, 6.07) is 13.3. The van der Waals surface area contributed by atoms with E-state index in [1.807, 2.05) is 4.72 Å². The molecule has 4 nitrogen and oxygen atoms in total. The van der Waals surface area contributed by atoms with E-state index in [2.05, 4.69) is 0 Å². The summed E-state index contributed by atoms with van der Waals surface area (Å²) in [7, 11) is -4.17. The van der Waals surface area contributed by atoms with Gasteiger partial charge in [0.25, 0.3) is 0 Å². The maximum absolute atomic E-state index is 13.3. The molecule has 0 amide bonds. The first-order valence-electron chi connectivity index (χ1n) is 6.56. The number of hydrogen-bond acceptors (Lipinski definition) is 3. The molecular weight excluding hydrogens is 331 g/mol. The van der Waals surface area contributed by atoms with Crippen LogP contribution in [-0.4, -0.2) is 26.2 Å². The first-order valence-corrected chi connectivity index (χ1v) is 8.04. The molecule has 0 spiro atoms. The minimum Gasteiger partial charge on any atom is -0.375 e. The van der Waals surface area contributed by atoms with E-state index in [1.165, 1.54) is 42.5 Å². The molecule has 0 saturated carbocycles. The molecule has 0 aliphatic heterocycles. The number of benzene rings is 2. The Kier molecular flexibility index (Phi) is 4.79. The second kappa shape index (κ2) is 6.31. The number of aliphatic hydroxyl groups is 1. The normalized spacial score (nSPS) is 15.1. The Labute approximate surface area is 131 Å². The smallest absolute Gasteiger partial charge is 0.375 e. The molecule has 2 aromatic rings. The molecule has 2 rings (SSSR count). The van der Waals surface area contributed by atoms with E-state index in [4.69, 9.17) is 0 Å². The van der Waals surface area contributed by atoms with Gasteiger partial charge in [-0.1, -0.05) is 48.5 Å². The Morgan fingerprint density at radius 1 is 0.913 bits per heavy atom. The lowest BCUT2D eigenvalue weighted by Crippen LogP contribution is -2.50. The molecule has 2 aromatic carbocycles. The van der Waals surface area contributed by atoms with Crippen molar-refractivity contribution in [1.82, 2.24) is 4.72 Å².